The summed E-state index contributed by atoms with van der Waals surface area (Å²) in [5, 5.41) is 3.46. The maximum Gasteiger partial charge on any atom is 0.142 e. The Kier molecular flexibility index (Phi) is 4.05. The van der Waals surface area contributed by atoms with Crippen molar-refractivity contribution < 1.29 is 4.74 Å². The van der Waals surface area contributed by atoms with Gasteiger partial charge in [-0.25, -0.2) is 9.97 Å². The largest absolute Gasteiger partial charge is 0.362 e. The maximum absolute atomic E-state index is 5.96. The fraction of sp³-hybridized carbons (Fsp3) is 0.400. The molecule has 1 aromatic rings. The molecule has 1 heterocycles. The van der Waals surface area contributed by atoms with Gasteiger partial charge < -0.3 is 10.1 Å². The van der Waals surface area contributed by atoms with Gasteiger partial charge in [-0.1, -0.05) is 24.3 Å². The predicted molar refractivity (Wildman–Crippen MR) is 62.0 cm³/mol. The van der Waals surface area contributed by atoms with Crippen LogP contribution in [-0.4, -0.2) is 23.3 Å². The van der Waals surface area contributed by atoms with Gasteiger partial charge in [0, 0.05) is 7.11 Å². The molecular formula is C10H14ClN3O. The molecular weight excluding hydrogens is 214 g/mol. The zero-order valence-corrected chi connectivity index (χ0v) is 9.80. The van der Waals surface area contributed by atoms with E-state index in [9.17, 15) is 0 Å². The number of aromatic nitrogens is 2. The van der Waals surface area contributed by atoms with Crippen LogP contribution in [0.15, 0.2) is 6.58 Å². The van der Waals surface area contributed by atoms with Crippen molar-refractivity contribution in [1.82, 2.24) is 9.97 Å². The lowest BCUT2D eigenvalue weighted by atomic mass is 10.3. The third-order valence-electron chi connectivity index (χ3n) is 1.91. The lowest BCUT2D eigenvalue weighted by molar-refractivity contribution is 0.140. The average Bonchev–Trinajstić information content (AvgIpc) is 2.17. The molecule has 82 valence electrons. The molecule has 0 amide bonds. The Morgan fingerprint density at radius 3 is 2.73 bits per heavy atom. The standard InChI is InChI=1S/C10H14ClN3O/c1-5-8-9(11)12-6(2)13-10(8)14-7(3)15-4/h5,7H,1H2,2-4H3,(H,12,13,14). The smallest absolute Gasteiger partial charge is 0.142 e. The van der Waals surface area contributed by atoms with Gasteiger partial charge in [-0.3, -0.25) is 0 Å². The first-order valence-corrected chi connectivity index (χ1v) is 4.92. The highest BCUT2D eigenvalue weighted by Gasteiger charge is 2.10. The van der Waals surface area contributed by atoms with Crippen molar-refractivity contribution in [2.75, 3.05) is 12.4 Å². The molecule has 0 aliphatic rings. The van der Waals surface area contributed by atoms with Crippen molar-refractivity contribution >= 4 is 23.5 Å². The van der Waals surface area contributed by atoms with Crippen LogP contribution in [0.3, 0.4) is 0 Å². The van der Waals surface area contributed by atoms with Gasteiger partial charge in [0.15, 0.2) is 0 Å². The van der Waals surface area contributed by atoms with Crippen LogP contribution in [0.4, 0.5) is 5.82 Å². The molecule has 1 aromatic heterocycles. The summed E-state index contributed by atoms with van der Waals surface area (Å²) < 4.78 is 5.08. The number of nitrogens with zero attached hydrogens (tertiary/aromatic N) is 2. The number of rotatable bonds is 4. The normalized spacial score (nSPS) is 12.3. The molecule has 1 atom stereocenters. The van der Waals surface area contributed by atoms with E-state index in [-0.39, 0.29) is 6.23 Å². The molecule has 0 aliphatic carbocycles. The Morgan fingerprint density at radius 2 is 2.20 bits per heavy atom. The minimum Gasteiger partial charge on any atom is -0.362 e. The highest BCUT2D eigenvalue weighted by molar-refractivity contribution is 6.31. The predicted octanol–water partition coefficient (Wildman–Crippen LogP) is 2.49. The van der Waals surface area contributed by atoms with E-state index in [0.717, 1.165) is 0 Å². The summed E-state index contributed by atoms with van der Waals surface area (Å²) >= 11 is 5.96. The van der Waals surface area contributed by atoms with Crippen LogP contribution in [0.5, 0.6) is 0 Å². The van der Waals surface area contributed by atoms with Crippen LogP contribution < -0.4 is 5.32 Å². The molecule has 0 spiro atoms. The summed E-state index contributed by atoms with van der Waals surface area (Å²) in [7, 11) is 1.61. The summed E-state index contributed by atoms with van der Waals surface area (Å²) in [6.45, 7) is 7.32. The highest BCUT2D eigenvalue weighted by Crippen LogP contribution is 2.22. The van der Waals surface area contributed by atoms with Crippen molar-refractivity contribution in [3.8, 4) is 0 Å². The van der Waals surface area contributed by atoms with Crippen LogP contribution >= 0.6 is 11.6 Å². The Morgan fingerprint density at radius 1 is 1.53 bits per heavy atom. The fourth-order valence-corrected chi connectivity index (χ4v) is 1.38. The number of nitrogens with one attached hydrogen (secondary N) is 1. The Balaban J connectivity index is 3.09. The highest BCUT2D eigenvalue weighted by atomic mass is 35.5. The lowest BCUT2D eigenvalue weighted by Crippen LogP contribution is -2.19. The van der Waals surface area contributed by atoms with Gasteiger partial charge in [-0.05, 0) is 13.8 Å². The quantitative estimate of drug-likeness (QED) is 0.634. The van der Waals surface area contributed by atoms with Crippen molar-refractivity contribution in [3.05, 3.63) is 23.1 Å². The van der Waals surface area contributed by atoms with Gasteiger partial charge >= 0.3 is 0 Å². The van der Waals surface area contributed by atoms with Gasteiger partial charge in [-0.2, -0.15) is 0 Å². The number of anilines is 1. The van der Waals surface area contributed by atoms with E-state index >= 15 is 0 Å². The van der Waals surface area contributed by atoms with Gasteiger partial charge in [0.25, 0.3) is 0 Å². The zero-order chi connectivity index (χ0) is 11.4. The summed E-state index contributed by atoms with van der Waals surface area (Å²) in [4.78, 5) is 8.28. The molecule has 5 heteroatoms. The van der Waals surface area contributed by atoms with Crippen LogP contribution in [0.2, 0.25) is 5.15 Å². The monoisotopic (exact) mass is 227 g/mol. The van der Waals surface area contributed by atoms with E-state index in [2.05, 4.69) is 21.9 Å². The molecule has 0 saturated carbocycles. The minimum absolute atomic E-state index is 0.144. The summed E-state index contributed by atoms with van der Waals surface area (Å²) in [6.07, 6.45) is 1.47. The number of aryl methyl sites for hydroxylation is 1. The first-order valence-electron chi connectivity index (χ1n) is 4.54. The van der Waals surface area contributed by atoms with Crippen molar-refractivity contribution in [2.45, 2.75) is 20.1 Å². The average molecular weight is 228 g/mol. The first-order chi connectivity index (χ1) is 7.08. The van der Waals surface area contributed by atoms with Crippen LogP contribution in [0, 0.1) is 6.92 Å². The van der Waals surface area contributed by atoms with Gasteiger partial charge in [-0.15, -0.1) is 0 Å². The molecule has 0 aromatic carbocycles. The second kappa shape index (κ2) is 5.09. The number of halogens is 1. The molecule has 15 heavy (non-hydrogen) atoms. The van der Waals surface area contributed by atoms with E-state index in [4.69, 9.17) is 16.3 Å². The van der Waals surface area contributed by atoms with E-state index in [0.29, 0.717) is 22.4 Å². The minimum atomic E-state index is -0.144. The number of ether oxygens (including phenoxy) is 1. The Bertz CT molecular complexity index is 368. The molecule has 1 rings (SSSR count). The Hall–Kier alpha value is -1.13. The van der Waals surface area contributed by atoms with E-state index < -0.39 is 0 Å². The second-order valence-electron chi connectivity index (χ2n) is 3.05. The first kappa shape index (κ1) is 11.9. The molecule has 1 unspecified atom stereocenters. The summed E-state index contributed by atoms with van der Waals surface area (Å²) in [5.74, 6) is 1.24. The summed E-state index contributed by atoms with van der Waals surface area (Å²) in [5.41, 5.74) is 0.686. The van der Waals surface area contributed by atoms with E-state index in [1.54, 1.807) is 20.1 Å². The Labute approximate surface area is 94.3 Å². The van der Waals surface area contributed by atoms with E-state index in [1.807, 2.05) is 6.92 Å². The van der Waals surface area contributed by atoms with Gasteiger partial charge in [0.1, 0.15) is 23.0 Å². The van der Waals surface area contributed by atoms with Crippen molar-refractivity contribution in [2.24, 2.45) is 0 Å². The molecule has 0 bridgehead atoms. The lowest BCUT2D eigenvalue weighted by Gasteiger charge is -2.15. The molecule has 0 aliphatic heterocycles. The SMILES string of the molecule is C=Cc1c(Cl)nc(C)nc1NC(C)OC. The topological polar surface area (TPSA) is 47.0 Å². The van der Waals surface area contributed by atoms with Gasteiger partial charge in [0.05, 0.1) is 5.56 Å². The van der Waals surface area contributed by atoms with Gasteiger partial charge in [0.2, 0.25) is 0 Å². The van der Waals surface area contributed by atoms with E-state index in [1.165, 1.54) is 0 Å². The third-order valence-corrected chi connectivity index (χ3v) is 2.20. The van der Waals surface area contributed by atoms with Crippen LogP contribution in [-0.2, 0) is 4.74 Å². The number of methoxy groups -OCH3 is 1. The maximum atomic E-state index is 5.96. The third kappa shape index (κ3) is 2.91. The molecule has 0 radical (unpaired) electrons. The second-order valence-corrected chi connectivity index (χ2v) is 3.41. The summed E-state index contributed by atoms with van der Waals surface area (Å²) in [6, 6.07) is 0. The number of hydrogen-bond acceptors (Lipinski definition) is 4. The molecule has 1 N–H and O–H groups in total. The van der Waals surface area contributed by atoms with Crippen LogP contribution in [0.1, 0.15) is 18.3 Å². The number of hydrogen-bond donors (Lipinski definition) is 1. The van der Waals surface area contributed by atoms with Crippen molar-refractivity contribution in [1.29, 1.82) is 0 Å². The van der Waals surface area contributed by atoms with Crippen molar-refractivity contribution in [3.63, 3.8) is 0 Å². The molecule has 0 saturated heterocycles. The van der Waals surface area contributed by atoms with Crippen LogP contribution in [0.25, 0.3) is 6.08 Å². The molecule has 0 fully saturated rings. The fourth-order valence-electron chi connectivity index (χ4n) is 1.09. The zero-order valence-electron chi connectivity index (χ0n) is 9.04. The molecule has 4 nitrogen and oxygen atoms in total.